The molecule has 0 saturated carbocycles. The van der Waals surface area contributed by atoms with Gasteiger partial charge in [-0.3, -0.25) is 4.79 Å². The van der Waals surface area contributed by atoms with Crippen molar-refractivity contribution in [2.75, 3.05) is 37.6 Å². The van der Waals surface area contributed by atoms with E-state index in [9.17, 15) is 4.79 Å². The Morgan fingerprint density at radius 1 is 1.25 bits per heavy atom. The lowest BCUT2D eigenvalue weighted by atomic mass is 10.1. The van der Waals surface area contributed by atoms with Gasteiger partial charge in [-0.25, -0.2) is 0 Å². The first kappa shape index (κ1) is 13.7. The molecule has 2 aliphatic heterocycles. The fraction of sp³-hybridized carbons (Fsp3) is 0.533. The zero-order chi connectivity index (χ0) is 13.9. The summed E-state index contributed by atoms with van der Waals surface area (Å²) < 4.78 is 0. The van der Waals surface area contributed by atoms with Gasteiger partial charge in [0.1, 0.15) is 0 Å². The molecule has 4 nitrogen and oxygen atoms in total. The number of amides is 1. The highest BCUT2D eigenvalue weighted by Gasteiger charge is 2.29. The fourth-order valence-electron chi connectivity index (χ4n) is 2.97. The van der Waals surface area contributed by atoms with Gasteiger partial charge in [-0.1, -0.05) is 17.7 Å². The number of nitrogens with one attached hydrogen (secondary N) is 1. The van der Waals surface area contributed by atoms with E-state index in [1.165, 1.54) is 0 Å². The van der Waals surface area contributed by atoms with E-state index in [-0.39, 0.29) is 11.9 Å². The summed E-state index contributed by atoms with van der Waals surface area (Å²) in [7, 11) is 0. The average molecular weight is 294 g/mol. The third kappa shape index (κ3) is 2.91. The average Bonchev–Trinajstić information content (AvgIpc) is 3.01. The highest BCUT2D eigenvalue weighted by Crippen LogP contribution is 2.21. The summed E-state index contributed by atoms with van der Waals surface area (Å²) in [5.74, 6) is 0.272. The van der Waals surface area contributed by atoms with Crippen molar-refractivity contribution in [3.05, 3.63) is 29.3 Å². The smallest absolute Gasteiger partial charge is 0.239 e. The Kier molecular flexibility index (Phi) is 4.13. The lowest BCUT2D eigenvalue weighted by molar-refractivity contribution is -0.133. The summed E-state index contributed by atoms with van der Waals surface area (Å²) in [5.41, 5.74) is 1.14. The Bertz CT molecular complexity index is 480. The number of rotatable bonds is 2. The van der Waals surface area contributed by atoms with Crippen LogP contribution in [0.2, 0.25) is 5.02 Å². The van der Waals surface area contributed by atoms with Crippen LogP contribution in [-0.4, -0.2) is 49.6 Å². The molecule has 1 aromatic carbocycles. The molecule has 20 heavy (non-hydrogen) atoms. The van der Waals surface area contributed by atoms with Gasteiger partial charge >= 0.3 is 0 Å². The summed E-state index contributed by atoms with van der Waals surface area (Å²) in [6.07, 6.45) is 2.09. The van der Waals surface area contributed by atoms with Gasteiger partial charge < -0.3 is 15.1 Å². The van der Waals surface area contributed by atoms with Crippen molar-refractivity contribution >= 4 is 23.2 Å². The minimum absolute atomic E-state index is 0.0488. The zero-order valence-corrected chi connectivity index (χ0v) is 12.3. The molecular weight excluding hydrogens is 274 g/mol. The Balaban J connectivity index is 1.58. The first-order chi connectivity index (χ1) is 9.74. The number of carbonyl (C=O) groups excluding carboxylic acids is 1. The molecule has 1 amide bonds. The first-order valence-electron chi connectivity index (χ1n) is 7.27. The minimum atomic E-state index is 0.0488. The quantitative estimate of drug-likeness (QED) is 0.902. The lowest BCUT2D eigenvalue weighted by Crippen LogP contribution is -2.53. The highest BCUT2D eigenvalue weighted by molar-refractivity contribution is 6.30. The van der Waals surface area contributed by atoms with Gasteiger partial charge in [0.15, 0.2) is 0 Å². The summed E-state index contributed by atoms with van der Waals surface area (Å²) >= 11 is 6.03. The second kappa shape index (κ2) is 6.02. The molecule has 2 fully saturated rings. The molecule has 0 aromatic heterocycles. The van der Waals surface area contributed by atoms with Gasteiger partial charge in [-0.05, 0) is 37.6 Å². The highest BCUT2D eigenvalue weighted by atomic mass is 35.5. The van der Waals surface area contributed by atoms with Crippen LogP contribution in [0.3, 0.4) is 0 Å². The molecule has 0 spiro atoms. The Labute approximate surface area is 124 Å². The normalized spacial score (nSPS) is 23.1. The molecule has 1 atom stereocenters. The zero-order valence-electron chi connectivity index (χ0n) is 11.5. The predicted octanol–water partition coefficient (Wildman–Crippen LogP) is 1.74. The second-order valence-electron chi connectivity index (χ2n) is 5.44. The molecular formula is C15H20ClN3O. The van der Waals surface area contributed by atoms with Gasteiger partial charge in [0, 0.05) is 36.9 Å². The second-order valence-corrected chi connectivity index (χ2v) is 5.88. The maximum Gasteiger partial charge on any atom is 0.239 e. The van der Waals surface area contributed by atoms with Crippen LogP contribution in [0.4, 0.5) is 5.69 Å². The molecule has 0 aliphatic carbocycles. The SMILES string of the molecule is O=C([C@@H]1CCCN1)N1CCN(c2cccc(Cl)c2)CC1. The van der Waals surface area contributed by atoms with E-state index >= 15 is 0 Å². The van der Waals surface area contributed by atoms with Crippen molar-refractivity contribution in [1.29, 1.82) is 0 Å². The number of carbonyl (C=O) groups is 1. The van der Waals surface area contributed by atoms with Crippen LogP contribution < -0.4 is 10.2 Å². The predicted molar refractivity (Wildman–Crippen MR) is 81.3 cm³/mol. The monoisotopic (exact) mass is 293 g/mol. The van der Waals surface area contributed by atoms with Crippen molar-refractivity contribution in [3.63, 3.8) is 0 Å². The summed E-state index contributed by atoms with van der Waals surface area (Å²) in [6, 6.07) is 7.96. The standard InChI is InChI=1S/C15H20ClN3O/c16-12-3-1-4-13(11-12)18-7-9-19(10-8-18)15(20)14-5-2-6-17-14/h1,3-4,11,14,17H,2,5-10H2/t14-/m0/s1. The number of halogens is 1. The molecule has 0 unspecified atom stereocenters. The molecule has 0 radical (unpaired) electrons. The first-order valence-corrected chi connectivity index (χ1v) is 7.64. The molecule has 5 heteroatoms. The van der Waals surface area contributed by atoms with Crippen LogP contribution in [0.5, 0.6) is 0 Å². The maximum atomic E-state index is 12.3. The summed E-state index contributed by atoms with van der Waals surface area (Å²) in [5, 5.41) is 4.04. The van der Waals surface area contributed by atoms with E-state index < -0.39 is 0 Å². The largest absolute Gasteiger partial charge is 0.368 e. The Morgan fingerprint density at radius 2 is 2.05 bits per heavy atom. The van der Waals surface area contributed by atoms with Crippen LogP contribution in [-0.2, 0) is 4.79 Å². The maximum absolute atomic E-state index is 12.3. The molecule has 1 N–H and O–H groups in total. The van der Waals surface area contributed by atoms with Crippen LogP contribution in [0.1, 0.15) is 12.8 Å². The topological polar surface area (TPSA) is 35.6 Å². The molecule has 1 aromatic rings. The number of hydrogen-bond acceptors (Lipinski definition) is 3. The number of hydrogen-bond donors (Lipinski definition) is 1. The van der Waals surface area contributed by atoms with Crippen molar-refractivity contribution in [2.45, 2.75) is 18.9 Å². The number of anilines is 1. The lowest BCUT2D eigenvalue weighted by Gasteiger charge is -2.37. The van der Waals surface area contributed by atoms with E-state index in [1.807, 2.05) is 23.1 Å². The summed E-state index contributed by atoms with van der Waals surface area (Å²) in [4.78, 5) is 16.6. The van der Waals surface area contributed by atoms with Crippen molar-refractivity contribution in [2.24, 2.45) is 0 Å². The molecule has 0 bridgehead atoms. The number of nitrogens with zero attached hydrogens (tertiary/aromatic N) is 2. The third-order valence-electron chi connectivity index (χ3n) is 4.12. The van der Waals surface area contributed by atoms with E-state index in [2.05, 4.69) is 16.3 Å². The van der Waals surface area contributed by atoms with Crippen LogP contribution in [0, 0.1) is 0 Å². The van der Waals surface area contributed by atoms with Crippen molar-refractivity contribution in [1.82, 2.24) is 10.2 Å². The van der Waals surface area contributed by atoms with Crippen LogP contribution in [0.25, 0.3) is 0 Å². The van der Waals surface area contributed by atoms with Gasteiger partial charge in [0.2, 0.25) is 5.91 Å². The third-order valence-corrected chi connectivity index (χ3v) is 4.36. The molecule has 3 rings (SSSR count). The molecule has 2 heterocycles. The number of benzene rings is 1. The van der Waals surface area contributed by atoms with E-state index in [4.69, 9.17) is 11.6 Å². The van der Waals surface area contributed by atoms with Gasteiger partial charge in [-0.2, -0.15) is 0 Å². The molecule has 108 valence electrons. The van der Waals surface area contributed by atoms with Gasteiger partial charge in [0.25, 0.3) is 0 Å². The number of piperazine rings is 1. The fourth-order valence-corrected chi connectivity index (χ4v) is 3.16. The van der Waals surface area contributed by atoms with Crippen LogP contribution >= 0.6 is 11.6 Å². The van der Waals surface area contributed by atoms with Crippen molar-refractivity contribution < 1.29 is 4.79 Å². The molecule has 2 aliphatic rings. The molecule has 2 saturated heterocycles. The van der Waals surface area contributed by atoms with E-state index in [1.54, 1.807) is 0 Å². The van der Waals surface area contributed by atoms with Gasteiger partial charge in [-0.15, -0.1) is 0 Å². The van der Waals surface area contributed by atoms with Gasteiger partial charge in [0.05, 0.1) is 6.04 Å². The summed E-state index contributed by atoms with van der Waals surface area (Å²) in [6.45, 7) is 4.31. The van der Waals surface area contributed by atoms with E-state index in [0.717, 1.165) is 56.3 Å². The Morgan fingerprint density at radius 3 is 2.70 bits per heavy atom. The van der Waals surface area contributed by atoms with E-state index in [0.29, 0.717) is 0 Å². The minimum Gasteiger partial charge on any atom is -0.368 e. The Hall–Kier alpha value is -1.26. The van der Waals surface area contributed by atoms with Crippen molar-refractivity contribution in [3.8, 4) is 0 Å². The van der Waals surface area contributed by atoms with Crippen LogP contribution in [0.15, 0.2) is 24.3 Å².